The predicted octanol–water partition coefficient (Wildman–Crippen LogP) is 4.96. The summed E-state index contributed by atoms with van der Waals surface area (Å²) in [7, 11) is 2.37. The Morgan fingerprint density at radius 3 is 1.98 bits per heavy atom. The quantitative estimate of drug-likeness (QED) is 0.0464. The Balaban J connectivity index is 1.18. The van der Waals surface area contributed by atoms with Crippen LogP contribution in [0.15, 0.2) is 96.7 Å². The van der Waals surface area contributed by atoms with Gasteiger partial charge < -0.3 is 61.6 Å². The Hall–Kier alpha value is -8.63. The van der Waals surface area contributed by atoms with Crippen LogP contribution in [0.1, 0.15) is 61.9 Å². The molecule has 19 nitrogen and oxygen atoms in total. The molecule has 0 spiro atoms. The first-order valence-electron chi connectivity index (χ1n) is 18.3. The maximum Gasteiger partial charge on any atom is 0.339 e. The maximum absolute atomic E-state index is 13.1. The van der Waals surface area contributed by atoms with Crippen LogP contribution >= 0.6 is 0 Å². The second-order valence-corrected chi connectivity index (χ2v) is 13.2. The summed E-state index contributed by atoms with van der Waals surface area (Å²) in [4.78, 5) is 67.5. The molecule has 4 aromatic carbocycles. The van der Waals surface area contributed by atoms with Gasteiger partial charge in [-0.1, -0.05) is 12.1 Å². The number of carbonyl (C=O) groups excluding carboxylic acids is 4. The van der Waals surface area contributed by atoms with Crippen LogP contribution in [-0.2, 0) is 9.59 Å². The lowest BCUT2D eigenvalue weighted by Gasteiger charge is -2.19. The number of aromatic nitrogens is 1. The number of carbonyl (C=O) groups is 5. The molecule has 0 aliphatic carbocycles. The van der Waals surface area contributed by atoms with E-state index in [9.17, 15) is 54.8 Å². The zero-order chi connectivity index (χ0) is 45.1. The highest BCUT2D eigenvalue weighted by molar-refractivity contribution is 6.09. The number of aromatic hydroxyl groups is 3. The van der Waals surface area contributed by atoms with Crippen molar-refractivity contribution in [1.29, 1.82) is 5.26 Å². The Bertz CT molecular complexity index is 2570. The second-order valence-electron chi connectivity index (χ2n) is 13.2. The highest BCUT2D eigenvalue weighted by atomic mass is 16.5. The minimum absolute atomic E-state index is 0.0398. The van der Waals surface area contributed by atoms with Crippen molar-refractivity contribution in [3.63, 3.8) is 0 Å². The van der Waals surface area contributed by atoms with Crippen LogP contribution in [0, 0.1) is 11.3 Å². The number of anilines is 4. The van der Waals surface area contributed by atoms with Crippen LogP contribution in [-0.4, -0.2) is 80.4 Å². The lowest BCUT2D eigenvalue weighted by molar-refractivity contribution is -0.118. The van der Waals surface area contributed by atoms with E-state index >= 15 is 0 Å². The minimum atomic E-state index is -1.51. The van der Waals surface area contributed by atoms with Gasteiger partial charge in [-0.05, 0) is 91.4 Å². The largest absolute Gasteiger partial charge is 0.508 e. The molecule has 0 aliphatic rings. The molecule has 0 bridgehead atoms. The maximum atomic E-state index is 13.1. The third-order valence-corrected chi connectivity index (χ3v) is 8.98. The molecule has 0 saturated heterocycles. The Morgan fingerprint density at radius 1 is 0.758 bits per heavy atom. The number of phenolic OH excluding ortho intramolecular Hbond substituents is 2. The number of nitrogens with zero attached hydrogens (tertiary/aromatic N) is 2. The number of benzene rings is 4. The number of aliphatic hydroxyl groups is 1. The fourth-order valence-corrected chi connectivity index (χ4v) is 5.77. The van der Waals surface area contributed by atoms with Gasteiger partial charge in [0.1, 0.15) is 17.4 Å². The van der Waals surface area contributed by atoms with Gasteiger partial charge in [0.25, 0.3) is 17.7 Å². The minimum Gasteiger partial charge on any atom is -0.508 e. The van der Waals surface area contributed by atoms with Crippen LogP contribution < -0.4 is 36.1 Å². The van der Waals surface area contributed by atoms with E-state index in [1.807, 2.05) is 6.07 Å². The lowest BCUT2D eigenvalue weighted by atomic mass is 10.1. The molecule has 2 atom stereocenters. The second kappa shape index (κ2) is 19.9. The first-order chi connectivity index (χ1) is 29.6. The number of carboxylic acids is 1. The van der Waals surface area contributed by atoms with Crippen LogP contribution in [0.3, 0.4) is 0 Å². The number of hydrogen-bond donors (Lipinski definition) is 10. The van der Waals surface area contributed by atoms with E-state index in [-0.39, 0.29) is 63.5 Å². The number of carboxylic acid groups (broad SMARTS) is 1. The first-order valence-corrected chi connectivity index (χ1v) is 18.3. The molecular weight excluding hydrogens is 807 g/mol. The summed E-state index contributed by atoms with van der Waals surface area (Å²) < 4.78 is 10.4. The SMILES string of the molecule is COc1c(NC(=O)c2ccc(NC(O)c3ccc(NC(=O)[C@H](CC#N)NC(=O)c4ccc(NC(=O)/C(C)=C/c5ccc(O)cc5)cc4)cn3)c(OC)c2O)ccc(C(=O)O)c1O. The molecule has 62 heavy (non-hydrogen) atoms. The molecule has 0 saturated carbocycles. The van der Waals surface area contributed by atoms with Crippen LogP contribution in [0.4, 0.5) is 22.7 Å². The van der Waals surface area contributed by atoms with E-state index in [0.717, 1.165) is 13.2 Å². The number of phenols is 3. The number of ether oxygens (including phenoxy) is 2. The number of hydrogen-bond acceptors (Lipinski definition) is 14. The van der Waals surface area contributed by atoms with E-state index in [2.05, 4.69) is 31.6 Å². The molecule has 1 heterocycles. The van der Waals surface area contributed by atoms with E-state index in [0.29, 0.717) is 16.8 Å². The van der Waals surface area contributed by atoms with Gasteiger partial charge in [0.2, 0.25) is 5.91 Å². The zero-order valence-corrected chi connectivity index (χ0v) is 33.1. The summed E-state index contributed by atoms with van der Waals surface area (Å²) >= 11 is 0. The number of aliphatic hydroxyl groups excluding tert-OH is 1. The first kappa shape index (κ1) is 44.5. The average Bonchev–Trinajstić information content (AvgIpc) is 3.24. The summed E-state index contributed by atoms with van der Waals surface area (Å²) in [5, 5.41) is 73.2. The molecule has 5 rings (SSSR count). The molecule has 1 aromatic heterocycles. The van der Waals surface area contributed by atoms with Crippen molar-refractivity contribution < 1.29 is 59.0 Å². The van der Waals surface area contributed by atoms with Gasteiger partial charge in [-0.25, -0.2) is 4.79 Å². The molecule has 19 heteroatoms. The summed E-state index contributed by atoms with van der Waals surface area (Å²) in [5.41, 5.74) is 1.06. The van der Waals surface area contributed by atoms with Crippen molar-refractivity contribution in [2.75, 3.05) is 35.5 Å². The monoisotopic (exact) mass is 845 g/mol. The lowest BCUT2D eigenvalue weighted by Crippen LogP contribution is -2.43. The summed E-state index contributed by atoms with van der Waals surface area (Å²) in [6, 6.07) is 20.3. The fourth-order valence-electron chi connectivity index (χ4n) is 5.77. The van der Waals surface area contributed by atoms with Crippen molar-refractivity contribution in [3.05, 3.63) is 125 Å². The Kier molecular flexibility index (Phi) is 14.3. The molecule has 5 aromatic rings. The van der Waals surface area contributed by atoms with Gasteiger partial charge in [-0.15, -0.1) is 0 Å². The third-order valence-electron chi connectivity index (χ3n) is 8.98. The Labute approximate surface area is 352 Å². The standard InChI is InChI=1S/C43H39N7O12/c1-22(20-23-4-11-27(51)12-5-23)38(54)46-25-8-6-24(7-9-25)39(55)50-33(18-19-44)42(58)47-26-10-15-32(45-21-26)41(57)49-31-16-13-28(34(52)36(31)61-2)40(56)48-30-17-14-29(43(59)60)35(53)37(30)62-3/h4-17,20-21,33,41,49,51-53,57H,18H2,1-3H3,(H,46,54)(H,47,58)(H,48,56)(H,50,55)(H,59,60)/b22-20+/t33-,41?/m0/s1. The molecule has 4 amide bonds. The van der Waals surface area contributed by atoms with Gasteiger partial charge in [0.15, 0.2) is 29.2 Å². The topological polar surface area (TPSA) is 302 Å². The fraction of sp³-hybridized carbons (Fsp3) is 0.140. The van der Waals surface area contributed by atoms with Crippen molar-refractivity contribution in [3.8, 4) is 34.8 Å². The van der Waals surface area contributed by atoms with Crippen LogP contribution in [0.5, 0.6) is 28.7 Å². The summed E-state index contributed by atoms with van der Waals surface area (Å²) in [6.45, 7) is 1.62. The Morgan fingerprint density at radius 2 is 1.37 bits per heavy atom. The van der Waals surface area contributed by atoms with Crippen molar-refractivity contribution in [1.82, 2.24) is 10.3 Å². The van der Waals surface area contributed by atoms with E-state index in [4.69, 9.17) is 9.47 Å². The number of amides is 4. The average molecular weight is 846 g/mol. The van der Waals surface area contributed by atoms with Crippen LogP contribution in [0.25, 0.3) is 6.08 Å². The predicted molar refractivity (Wildman–Crippen MR) is 224 cm³/mol. The molecule has 0 radical (unpaired) electrons. The van der Waals surface area contributed by atoms with Gasteiger partial charge in [0, 0.05) is 16.8 Å². The van der Waals surface area contributed by atoms with Crippen molar-refractivity contribution >= 4 is 58.4 Å². The van der Waals surface area contributed by atoms with Crippen molar-refractivity contribution in [2.45, 2.75) is 25.6 Å². The van der Waals surface area contributed by atoms with E-state index in [1.54, 1.807) is 25.1 Å². The zero-order valence-electron chi connectivity index (χ0n) is 33.1. The summed E-state index contributed by atoms with van der Waals surface area (Å²) in [6.07, 6.45) is 0.976. The van der Waals surface area contributed by atoms with Crippen molar-refractivity contribution in [2.24, 2.45) is 0 Å². The number of rotatable bonds is 16. The molecule has 1 unspecified atom stereocenters. The molecule has 10 N–H and O–H groups in total. The third kappa shape index (κ3) is 10.7. The van der Waals surface area contributed by atoms with Gasteiger partial charge in [-0.2, -0.15) is 5.26 Å². The van der Waals surface area contributed by atoms with Crippen LogP contribution in [0.2, 0.25) is 0 Å². The van der Waals surface area contributed by atoms with E-state index in [1.165, 1.54) is 80.0 Å². The molecule has 0 aliphatic heterocycles. The number of methoxy groups -OCH3 is 2. The number of nitrogens with one attached hydrogen (secondary N) is 5. The highest BCUT2D eigenvalue weighted by Crippen LogP contribution is 2.41. The molecular formula is C43H39N7O12. The van der Waals surface area contributed by atoms with Gasteiger partial charge >= 0.3 is 5.97 Å². The normalized spacial score (nSPS) is 11.8. The number of nitriles is 1. The number of pyridine rings is 1. The van der Waals surface area contributed by atoms with Gasteiger partial charge in [0.05, 0.1) is 61.2 Å². The van der Waals surface area contributed by atoms with Gasteiger partial charge in [-0.3, -0.25) is 24.2 Å². The number of aromatic carboxylic acids is 1. The highest BCUT2D eigenvalue weighted by Gasteiger charge is 2.25. The molecule has 0 fully saturated rings. The smallest absolute Gasteiger partial charge is 0.339 e. The molecule has 318 valence electrons. The summed E-state index contributed by atoms with van der Waals surface area (Å²) in [5.74, 6) is -5.90. The van der Waals surface area contributed by atoms with E-state index < -0.39 is 53.0 Å².